The van der Waals surface area contributed by atoms with Gasteiger partial charge in [0.25, 0.3) is 0 Å². The lowest BCUT2D eigenvalue weighted by Gasteiger charge is -2.20. The maximum absolute atomic E-state index is 11.9. The summed E-state index contributed by atoms with van der Waals surface area (Å²) in [6.07, 6.45) is 2.77. The summed E-state index contributed by atoms with van der Waals surface area (Å²) in [4.78, 5) is 11.9. The van der Waals surface area contributed by atoms with E-state index in [0.29, 0.717) is 18.6 Å². The fourth-order valence-corrected chi connectivity index (χ4v) is 3.54. The molecule has 0 radical (unpaired) electrons. The molecule has 2 aromatic rings. The number of aromatic hydroxyl groups is 1. The van der Waals surface area contributed by atoms with Crippen molar-refractivity contribution in [2.24, 2.45) is 0 Å². The van der Waals surface area contributed by atoms with Crippen LogP contribution in [0.2, 0.25) is 0 Å². The van der Waals surface area contributed by atoms with Crippen LogP contribution in [0.1, 0.15) is 41.5 Å². The molecular formula is C19H16O2. The van der Waals surface area contributed by atoms with Crippen LogP contribution in [-0.2, 0) is 11.2 Å². The Morgan fingerprint density at radius 3 is 2.52 bits per heavy atom. The smallest absolute Gasteiger partial charge is 0.137 e. The Labute approximate surface area is 123 Å². The van der Waals surface area contributed by atoms with E-state index in [1.54, 1.807) is 6.07 Å². The van der Waals surface area contributed by atoms with Gasteiger partial charge in [0.2, 0.25) is 0 Å². The Morgan fingerprint density at radius 1 is 0.810 bits per heavy atom. The van der Waals surface area contributed by atoms with Crippen LogP contribution in [0, 0.1) is 0 Å². The molecule has 0 fully saturated rings. The highest BCUT2D eigenvalue weighted by Crippen LogP contribution is 2.43. The Balaban J connectivity index is 2.04. The summed E-state index contributed by atoms with van der Waals surface area (Å²) in [5, 5.41) is 9.85. The number of allylic oxidation sites excluding steroid dienone is 2. The van der Waals surface area contributed by atoms with Crippen LogP contribution in [0.25, 0.3) is 11.1 Å². The molecule has 2 nitrogen and oxygen atoms in total. The van der Waals surface area contributed by atoms with Gasteiger partial charge in [0, 0.05) is 12.8 Å². The third-order valence-corrected chi connectivity index (χ3v) is 4.53. The molecule has 0 heterocycles. The maximum atomic E-state index is 11.9. The summed E-state index contributed by atoms with van der Waals surface area (Å²) >= 11 is 0. The molecule has 0 aliphatic heterocycles. The first-order chi connectivity index (χ1) is 10.2. The predicted octanol–water partition coefficient (Wildman–Crippen LogP) is 3.96. The minimum absolute atomic E-state index is 0.268. The van der Waals surface area contributed by atoms with E-state index in [1.165, 1.54) is 22.3 Å². The number of Topliss-reactive ketones (excluding diaryl/α,β-unsaturated/α-hetero) is 1. The van der Waals surface area contributed by atoms with E-state index in [9.17, 15) is 9.90 Å². The molecule has 2 aliphatic carbocycles. The van der Waals surface area contributed by atoms with E-state index in [4.69, 9.17) is 0 Å². The van der Waals surface area contributed by atoms with Gasteiger partial charge < -0.3 is 5.11 Å². The lowest BCUT2D eigenvalue weighted by Crippen LogP contribution is -2.08. The Hall–Kier alpha value is -2.35. The minimum atomic E-state index is 0.268. The van der Waals surface area contributed by atoms with Crippen LogP contribution in [0.4, 0.5) is 0 Å². The van der Waals surface area contributed by atoms with Gasteiger partial charge in [0.15, 0.2) is 0 Å². The molecule has 2 aromatic carbocycles. The van der Waals surface area contributed by atoms with Crippen LogP contribution in [-0.4, -0.2) is 10.9 Å². The second-order valence-corrected chi connectivity index (χ2v) is 5.85. The summed E-state index contributed by atoms with van der Waals surface area (Å²) in [6.45, 7) is 0. The number of phenolic OH excluding ortho intramolecular Hbond substituents is 1. The lowest BCUT2D eigenvalue weighted by atomic mass is 9.83. The van der Waals surface area contributed by atoms with Crippen LogP contribution in [0.15, 0.2) is 42.5 Å². The molecule has 2 heteroatoms. The van der Waals surface area contributed by atoms with Crippen molar-refractivity contribution in [3.05, 3.63) is 64.7 Å². The van der Waals surface area contributed by atoms with Gasteiger partial charge in [-0.3, -0.25) is 4.79 Å². The van der Waals surface area contributed by atoms with Crippen molar-refractivity contribution >= 4 is 16.9 Å². The summed E-state index contributed by atoms with van der Waals surface area (Å²) < 4.78 is 0. The highest BCUT2D eigenvalue weighted by molar-refractivity contribution is 6.05. The molecule has 1 N–H and O–H groups in total. The average Bonchev–Trinajstić information content (AvgIpc) is 2.62. The SMILES string of the molecule is O=C1CCC2=C(C1)c1cc(O)ccc1Cc1ccccc12. The molecule has 0 saturated carbocycles. The van der Waals surface area contributed by atoms with Gasteiger partial charge in [-0.15, -0.1) is 0 Å². The number of phenols is 1. The number of rotatable bonds is 0. The summed E-state index contributed by atoms with van der Waals surface area (Å²) in [5.74, 6) is 0.562. The second kappa shape index (κ2) is 4.59. The fourth-order valence-electron chi connectivity index (χ4n) is 3.54. The van der Waals surface area contributed by atoms with Crippen molar-refractivity contribution < 1.29 is 9.90 Å². The number of carbonyl (C=O) groups is 1. The van der Waals surface area contributed by atoms with E-state index < -0.39 is 0 Å². The van der Waals surface area contributed by atoms with Crippen LogP contribution < -0.4 is 0 Å². The first kappa shape index (κ1) is 12.4. The average molecular weight is 276 g/mol. The molecule has 0 spiro atoms. The van der Waals surface area contributed by atoms with Crippen LogP contribution >= 0.6 is 0 Å². The van der Waals surface area contributed by atoms with Crippen molar-refractivity contribution in [2.75, 3.05) is 0 Å². The highest BCUT2D eigenvalue weighted by atomic mass is 16.3. The standard InChI is InChI=1S/C19H16O2/c20-14-6-5-13-9-12-3-1-2-4-16(12)17-8-7-15(21)11-19(17)18(13)10-14/h1-6,10,20H,7-9,11H2. The number of hydrogen-bond donors (Lipinski definition) is 1. The molecule has 0 unspecified atom stereocenters. The molecule has 0 atom stereocenters. The van der Waals surface area contributed by atoms with Crippen LogP contribution in [0.5, 0.6) is 5.75 Å². The van der Waals surface area contributed by atoms with E-state index in [1.807, 2.05) is 12.1 Å². The molecular weight excluding hydrogens is 260 g/mol. The summed E-state index contributed by atoms with van der Waals surface area (Å²) in [6, 6.07) is 14.0. The summed E-state index contributed by atoms with van der Waals surface area (Å²) in [7, 11) is 0. The third-order valence-electron chi connectivity index (χ3n) is 4.53. The summed E-state index contributed by atoms with van der Waals surface area (Å²) in [5.41, 5.74) is 7.23. The molecule has 4 rings (SSSR count). The van der Waals surface area contributed by atoms with Crippen molar-refractivity contribution in [1.29, 1.82) is 0 Å². The Morgan fingerprint density at radius 2 is 1.62 bits per heavy atom. The minimum Gasteiger partial charge on any atom is -0.508 e. The van der Waals surface area contributed by atoms with Gasteiger partial charge in [-0.1, -0.05) is 30.3 Å². The Kier molecular flexibility index (Phi) is 2.71. The Bertz CT molecular complexity index is 784. The van der Waals surface area contributed by atoms with E-state index >= 15 is 0 Å². The predicted molar refractivity (Wildman–Crippen MR) is 83.0 cm³/mol. The van der Waals surface area contributed by atoms with Gasteiger partial charge in [0.1, 0.15) is 11.5 Å². The zero-order valence-corrected chi connectivity index (χ0v) is 11.7. The zero-order chi connectivity index (χ0) is 14.4. The number of carbonyl (C=O) groups excluding carboxylic acids is 1. The maximum Gasteiger partial charge on any atom is 0.137 e. The molecule has 2 aliphatic rings. The van der Waals surface area contributed by atoms with Gasteiger partial charge in [-0.25, -0.2) is 0 Å². The first-order valence-corrected chi connectivity index (χ1v) is 7.36. The van der Waals surface area contributed by atoms with E-state index in [-0.39, 0.29) is 5.75 Å². The van der Waals surface area contributed by atoms with Gasteiger partial charge in [0.05, 0.1) is 0 Å². The lowest BCUT2D eigenvalue weighted by molar-refractivity contribution is -0.118. The molecule has 0 saturated heterocycles. The normalized spacial score (nSPS) is 16.9. The quantitative estimate of drug-likeness (QED) is 0.790. The zero-order valence-electron chi connectivity index (χ0n) is 11.7. The highest BCUT2D eigenvalue weighted by Gasteiger charge is 2.26. The number of ketones is 1. The first-order valence-electron chi connectivity index (χ1n) is 7.36. The van der Waals surface area contributed by atoms with Gasteiger partial charge >= 0.3 is 0 Å². The van der Waals surface area contributed by atoms with E-state index in [2.05, 4.69) is 24.3 Å². The van der Waals surface area contributed by atoms with Crippen molar-refractivity contribution in [3.63, 3.8) is 0 Å². The largest absolute Gasteiger partial charge is 0.508 e. The number of fused-ring (bicyclic) bond motifs is 4. The third kappa shape index (κ3) is 1.99. The van der Waals surface area contributed by atoms with Crippen molar-refractivity contribution in [3.8, 4) is 5.75 Å². The van der Waals surface area contributed by atoms with Crippen molar-refractivity contribution in [2.45, 2.75) is 25.7 Å². The monoisotopic (exact) mass is 276 g/mol. The van der Waals surface area contributed by atoms with Gasteiger partial charge in [-0.05, 0) is 58.4 Å². The number of hydrogen-bond acceptors (Lipinski definition) is 2. The molecule has 0 aromatic heterocycles. The number of benzene rings is 2. The molecule has 21 heavy (non-hydrogen) atoms. The van der Waals surface area contributed by atoms with Crippen LogP contribution in [0.3, 0.4) is 0 Å². The molecule has 0 bridgehead atoms. The van der Waals surface area contributed by atoms with Gasteiger partial charge in [-0.2, -0.15) is 0 Å². The van der Waals surface area contributed by atoms with E-state index in [0.717, 1.165) is 24.0 Å². The topological polar surface area (TPSA) is 37.3 Å². The molecule has 104 valence electrons. The second-order valence-electron chi connectivity index (χ2n) is 5.85. The fraction of sp³-hybridized carbons (Fsp3) is 0.211. The van der Waals surface area contributed by atoms with Crippen molar-refractivity contribution in [1.82, 2.24) is 0 Å². The molecule has 0 amide bonds.